The highest BCUT2D eigenvalue weighted by atomic mass is 32.1. The molecular formula is C12H20S. The highest BCUT2D eigenvalue weighted by molar-refractivity contribution is 7.08. The summed E-state index contributed by atoms with van der Waals surface area (Å²) in [6.07, 6.45) is 5.17. The first-order chi connectivity index (χ1) is 6.29. The van der Waals surface area contributed by atoms with Gasteiger partial charge < -0.3 is 0 Å². The molecule has 0 bridgehead atoms. The van der Waals surface area contributed by atoms with Crippen molar-refractivity contribution in [1.29, 1.82) is 0 Å². The van der Waals surface area contributed by atoms with Gasteiger partial charge in [0, 0.05) is 0 Å². The lowest BCUT2D eigenvalue weighted by Gasteiger charge is -2.09. The van der Waals surface area contributed by atoms with Crippen LogP contribution in [0.3, 0.4) is 0 Å². The van der Waals surface area contributed by atoms with Gasteiger partial charge in [-0.2, -0.15) is 11.3 Å². The van der Waals surface area contributed by atoms with E-state index in [9.17, 15) is 0 Å². The van der Waals surface area contributed by atoms with Gasteiger partial charge in [-0.05, 0) is 47.1 Å². The Labute approximate surface area is 86.0 Å². The number of hydrogen-bond donors (Lipinski definition) is 0. The molecule has 0 aromatic carbocycles. The zero-order valence-electron chi connectivity index (χ0n) is 8.97. The summed E-state index contributed by atoms with van der Waals surface area (Å²) >= 11 is 1.86. The largest absolute Gasteiger partial charge is 0.152 e. The first kappa shape index (κ1) is 10.8. The van der Waals surface area contributed by atoms with Crippen LogP contribution in [0.5, 0.6) is 0 Å². The average molecular weight is 196 g/mol. The van der Waals surface area contributed by atoms with E-state index in [0.29, 0.717) is 0 Å². The van der Waals surface area contributed by atoms with E-state index in [4.69, 9.17) is 0 Å². The lowest BCUT2D eigenvalue weighted by atomic mass is 9.95. The number of aryl methyl sites for hydroxylation is 1. The second-order valence-corrected chi connectivity index (χ2v) is 4.51. The molecule has 0 amide bonds. The molecule has 0 radical (unpaired) electrons. The van der Waals surface area contributed by atoms with Gasteiger partial charge in [-0.1, -0.05) is 27.2 Å². The maximum absolute atomic E-state index is 2.33. The Hall–Kier alpha value is -0.300. The average Bonchev–Trinajstić information content (AvgIpc) is 2.61. The van der Waals surface area contributed by atoms with Crippen LogP contribution < -0.4 is 0 Å². The van der Waals surface area contributed by atoms with Gasteiger partial charge in [-0.25, -0.2) is 0 Å². The topological polar surface area (TPSA) is 0 Å². The molecule has 0 aliphatic rings. The van der Waals surface area contributed by atoms with Crippen LogP contribution in [0.25, 0.3) is 0 Å². The molecule has 1 aromatic heterocycles. The third kappa shape index (κ3) is 2.84. The quantitative estimate of drug-likeness (QED) is 0.645. The van der Waals surface area contributed by atoms with Crippen molar-refractivity contribution in [3.8, 4) is 0 Å². The fraction of sp³-hybridized carbons (Fsp3) is 0.667. The van der Waals surface area contributed by atoms with Gasteiger partial charge >= 0.3 is 0 Å². The minimum atomic E-state index is 0.748. The van der Waals surface area contributed by atoms with Crippen LogP contribution in [0.2, 0.25) is 0 Å². The van der Waals surface area contributed by atoms with E-state index in [0.717, 1.165) is 5.92 Å². The zero-order chi connectivity index (χ0) is 9.68. The molecule has 1 heterocycles. The van der Waals surface area contributed by atoms with E-state index in [1.54, 1.807) is 11.1 Å². The van der Waals surface area contributed by atoms with E-state index in [1.165, 1.54) is 25.7 Å². The molecule has 0 saturated heterocycles. The summed E-state index contributed by atoms with van der Waals surface area (Å²) in [5, 5.41) is 4.66. The fourth-order valence-electron chi connectivity index (χ4n) is 1.56. The molecule has 0 nitrogen and oxygen atoms in total. The molecule has 0 N–H and O–H groups in total. The van der Waals surface area contributed by atoms with Gasteiger partial charge in [0.1, 0.15) is 0 Å². The van der Waals surface area contributed by atoms with Gasteiger partial charge in [0.15, 0.2) is 0 Å². The molecule has 1 unspecified atom stereocenters. The normalized spacial score (nSPS) is 13.2. The number of unbranched alkanes of at least 4 members (excludes halogenated alkanes) is 1. The Morgan fingerprint density at radius 2 is 2.08 bits per heavy atom. The Kier molecular flexibility index (Phi) is 4.51. The SMILES string of the molecule is CCCCc1cscc1C(C)CC. The minimum Gasteiger partial charge on any atom is -0.152 e. The molecule has 0 fully saturated rings. The van der Waals surface area contributed by atoms with E-state index in [-0.39, 0.29) is 0 Å². The van der Waals surface area contributed by atoms with Crippen LogP contribution in [-0.2, 0) is 6.42 Å². The Morgan fingerprint density at radius 1 is 1.31 bits per heavy atom. The molecule has 0 aliphatic carbocycles. The van der Waals surface area contributed by atoms with Gasteiger partial charge in [-0.15, -0.1) is 0 Å². The Bertz CT molecular complexity index is 237. The third-order valence-electron chi connectivity index (χ3n) is 2.72. The van der Waals surface area contributed by atoms with Crippen molar-refractivity contribution in [3.63, 3.8) is 0 Å². The molecule has 74 valence electrons. The van der Waals surface area contributed by atoms with Gasteiger partial charge in [-0.3, -0.25) is 0 Å². The first-order valence-corrected chi connectivity index (χ1v) is 6.28. The highest BCUT2D eigenvalue weighted by Gasteiger charge is 2.08. The highest BCUT2D eigenvalue weighted by Crippen LogP contribution is 2.27. The molecule has 0 spiro atoms. The van der Waals surface area contributed by atoms with Crippen LogP contribution in [0.4, 0.5) is 0 Å². The van der Waals surface area contributed by atoms with Crippen molar-refractivity contribution < 1.29 is 0 Å². The third-order valence-corrected chi connectivity index (χ3v) is 3.53. The predicted molar refractivity (Wildman–Crippen MR) is 61.6 cm³/mol. The van der Waals surface area contributed by atoms with Crippen LogP contribution in [0.15, 0.2) is 10.8 Å². The number of rotatable bonds is 5. The molecule has 0 saturated carbocycles. The Morgan fingerprint density at radius 3 is 2.69 bits per heavy atom. The van der Waals surface area contributed by atoms with Crippen molar-refractivity contribution in [3.05, 3.63) is 21.9 Å². The molecular weight excluding hydrogens is 176 g/mol. The first-order valence-electron chi connectivity index (χ1n) is 5.34. The summed E-state index contributed by atoms with van der Waals surface area (Å²) in [5.41, 5.74) is 3.20. The number of hydrogen-bond acceptors (Lipinski definition) is 1. The van der Waals surface area contributed by atoms with Crippen LogP contribution in [-0.4, -0.2) is 0 Å². The van der Waals surface area contributed by atoms with E-state index in [2.05, 4.69) is 31.5 Å². The molecule has 1 heteroatoms. The van der Waals surface area contributed by atoms with Crippen LogP contribution in [0.1, 0.15) is 57.1 Å². The van der Waals surface area contributed by atoms with Crippen molar-refractivity contribution in [2.45, 2.75) is 52.4 Å². The van der Waals surface area contributed by atoms with Crippen LogP contribution in [0, 0.1) is 0 Å². The maximum atomic E-state index is 2.33. The van der Waals surface area contributed by atoms with E-state index >= 15 is 0 Å². The summed E-state index contributed by atoms with van der Waals surface area (Å²) < 4.78 is 0. The fourth-order valence-corrected chi connectivity index (χ4v) is 2.57. The summed E-state index contributed by atoms with van der Waals surface area (Å²) in [5.74, 6) is 0.748. The zero-order valence-corrected chi connectivity index (χ0v) is 9.79. The smallest absolute Gasteiger partial charge is 0.00557 e. The van der Waals surface area contributed by atoms with Gasteiger partial charge in [0.2, 0.25) is 0 Å². The molecule has 1 aromatic rings. The molecule has 13 heavy (non-hydrogen) atoms. The Balaban J connectivity index is 2.65. The lowest BCUT2D eigenvalue weighted by Crippen LogP contribution is -1.94. The minimum absolute atomic E-state index is 0.748. The van der Waals surface area contributed by atoms with E-state index < -0.39 is 0 Å². The van der Waals surface area contributed by atoms with E-state index in [1.807, 2.05) is 11.3 Å². The standard InChI is InChI=1S/C12H20S/c1-4-6-7-11-8-13-9-12(11)10(3)5-2/h8-10H,4-7H2,1-3H3. The predicted octanol–water partition coefficient (Wildman–Crippen LogP) is 4.60. The summed E-state index contributed by atoms with van der Waals surface area (Å²) in [4.78, 5) is 0. The maximum Gasteiger partial charge on any atom is -0.00557 e. The van der Waals surface area contributed by atoms with Crippen molar-refractivity contribution >= 4 is 11.3 Å². The second-order valence-electron chi connectivity index (χ2n) is 3.77. The van der Waals surface area contributed by atoms with Crippen molar-refractivity contribution in [1.82, 2.24) is 0 Å². The number of thiophene rings is 1. The van der Waals surface area contributed by atoms with Crippen LogP contribution >= 0.6 is 11.3 Å². The molecule has 1 atom stereocenters. The second kappa shape index (κ2) is 5.43. The molecule has 0 aliphatic heterocycles. The summed E-state index contributed by atoms with van der Waals surface area (Å²) in [7, 11) is 0. The van der Waals surface area contributed by atoms with Crippen molar-refractivity contribution in [2.75, 3.05) is 0 Å². The van der Waals surface area contributed by atoms with Gasteiger partial charge in [0.05, 0.1) is 0 Å². The monoisotopic (exact) mass is 196 g/mol. The van der Waals surface area contributed by atoms with Gasteiger partial charge in [0.25, 0.3) is 0 Å². The summed E-state index contributed by atoms with van der Waals surface area (Å²) in [6, 6.07) is 0. The van der Waals surface area contributed by atoms with Crippen molar-refractivity contribution in [2.24, 2.45) is 0 Å². The molecule has 1 rings (SSSR count). The summed E-state index contributed by atoms with van der Waals surface area (Å²) in [6.45, 7) is 6.86. The lowest BCUT2D eigenvalue weighted by molar-refractivity contribution is 0.713.